The molecule has 0 radical (unpaired) electrons. The number of furan rings is 1. The highest BCUT2D eigenvalue weighted by molar-refractivity contribution is 5.92. The predicted molar refractivity (Wildman–Crippen MR) is 49.3 cm³/mol. The molecule has 0 aromatic carbocycles. The first-order valence-electron chi connectivity index (χ1n) is 4.53. The maximum Gasteiger partial charge on any atom is 0.422 e. The summed E-state index contributed by atoms with van der Waals surface area (Å²) in [7, 11) is 0. The van der Waals surface area contributed by atoms with Gasteiger partial charge in [-0.1, -0.05) is 0 Å². The Morgan fingerprint density at radius 2 is 1.81 bits per heavy atom. The van der Waals surface area contributed by atoms with Crippen molar-refractivity contribution in [2.75, 3.05) is 6.61 Å². The second-order valence-electron chi connectivity index (χ2n) is 3.41. The van der Waals surface area contributed by atoms with Crippen LogP contribution in [-0.4, -0.2) is 18.8 Å². The summed E-state index contributed by atoms with van der Waals surface area (Å²) in [5, 5.41) is 0. The van der Waals surface area contributed by atoms with E-state index in [1.165, 1.54) is 6.92 Å². The molecule has 0 N–H and O–H groups in total. The first-order valence-corrected chi connectivity index (χ1v) is 4.53. The van der Waals surface area contributed by atoms with Crippen molar-refractivity contribution >= 4 is 5.97 Å². The molecule has 1 rings (SSSR count). The van der Waals surface area contributed by atoms with Gasteiger partial charge in [-0.15, -0.1) is 0 Å². The summed E-state index contributed by atoms with van der Waals surface area (Å²) in [6, 6.07) is 0. The molecule has 0 aliphatic heterocycles. The molecule has 3 nitrogen and oxygen atoms in total. The summed E-state index contributed by atoms with van der Waals surface area (Å²) < 4.78 is 44.8. The SMILES string of the molecule is Cc1oc(C)c(C(=O)OCC(F)(F)F)c1C. The van der Waals surface area contributed by atoms with Crippen molar-refractivity contribution in [3.05, 3.63) is 22.6 Å². The van der Waals surface area contributed by atoms with Gasteiger partial charge in [0.25, 0.3) is 0 Å². The third-order valence-electron chi connectivity index (χ3n) is 2.13. The number of aryl methyl sites for hydroxylation is 2. The van der Waals surface area contributed by atoms with Crippen LogP contribution in [0.2, 0.25) is 0 Å². The van der Waals surface area contributed by atoms with Crippen molar-refractivity contribution in [1.29, 1.82) is 0 Å². The van der Waals surface area contributed by atoms with Crippen molar-refractivity contribution in [2.24, 2.45) is 0 Å². The van der Waals surface area contributed by atoms with Crippen LogP contribution >= 0.6 is 0 Å². The van der Waals surface area contributed by atoms with Crippen LogP contribution in [0.25, 0.3) is 0 Å². The number of hydrogen-bond donors (Lipinski definition) is 0. The number of alkyl halides is 3. The highest BCUT2D eigenvalue weighted by Crippen LogP contribution is 2.22. The number of halogens is 3. The Morgan fingerprint density at radius 3 is 2.19 bits per heavy atom. The van der Waals surface area contributed by atoms with Gasteiger partial charge < -0.3 is 9.15 Å². The number of hydrogen-bond acceptors (Lipinski definition) is 3. The predicted octanol–water partition coefficient (Wildman–Crippen LogP) is 2.92. The van der Waals surface area contributed by atoms with Crippen molar-refractivity contribution in [2.45, 2.75) is 26.9 Å². The molecule has 6 heteroatoms. The maximum absolute atomic E-state index is 11.8. The maximum atomic E-state index is 11.8. The molecule has 0 bridgehead atoms. The van der Waals surface area contributed by atoms with E-state index in [2.05, 4.69) is 4.74 Å². The van der Waals surface area contributed by atoms with Gasteiger partial charge in [-0.3, -0.25) is 0 Å². The Hall–Kier alpha value is -1.46. The molecular formula is C10H11F3O3. The normalized spacial score (nSPS) is 11.6. The summed E-state index contributed by atoms with van der Waals surface area (Å²) in [6.07, 6.45) is -4.52. The van der Waals surface area contributed by atoms with Crippen LogP contribution in [0, 0.1) is 20.8 Å². The van der Waals surface area contributed by atoms with Crippen molar-refractivity contribution in [1.82, 2.24) is 0 Å². The molecule has 0 amide bonds. The van der Waals surface area contributed by atoms with Crippen LogP contribution in [0.5, 0.6) is 0 Å². The Labute approximate surface area is 90.2 Å². The van der Waals surface area contributed by atoms with Gasteiger partial charge in [0.15, 0.2) is 6.61 Å². The zero-order valence-electron chi connectivity index (χ0n) is 9.07. The van der Waals surface area contributed by atoms with E-state index in [-0.39, 0.29) is 11.3 Å². The molecule has 0 atom stereocenters. The topological polar surface area (TPSA) is 39.4 Å². The molecule has 0 spiro atoms. The van der Waals surface area contributed by atoms with E-state index in [0.717, 1.165) is 0 Å². The monoisotopic (exact) mass is 236 g/mol. The minimum absolute atomic E-state index is 0.0711. The number of ether oxygens (including phenoxy) is 1. The number of carbonyl (C=O) groups excluding carboxylic acids is 1. The Balaban J connectivity index is 2.81. The van der Waals surface area contributed by atoms with Crippen LogP contribution in [-0.2, 0) is 4.74 Å². The Bertz CT molecular complexity index is 404. The second kappa shape index (κ2) is 4.19. The molecule has 16 heavy (non-hydrogen) atoms. The summed E-state index contributed by atoms with van der Waals surface area (Å²) in [5.41, 5.74) is 0.575. The molecular weight excluding hydrogens is 225 g/mol. The van der Waals surface area contributed by atoms with Crippen LogP contribution in [0.3, 0.4) is 0 Å². The van der Waals surface area contributed by atoms with Gasteiger partial charge in [-0.05, 0) is 20.8 Å². The van der Waals surface area contributed by atoms with E-state index in [0.29, 0.717) is 11.3 Å². The lowest BCUT2D eigenvalue weighted by Crippen LogP contribution is -2.20. The minimum atomic E-state index is -4.52. The Kier molecular flexibility index (Phi) is 3.30. The third-order valence-corrected chi connectivity index (χ3v) is 2.13. The first kappa shape index (κ1) is 12.6. The lowest BCUT2D eigenvalue weighted by atomic mass is 10.1. The Morgan fingerprint density at radius 1 is 1.25 bits per heavy atom. The van der Waals surface area contributed by atoms with Crippen LogP contribution in [0.4, 0.5) is 13.2 Å². The average molecular weight is 236 g/mol. The molecule has 0 aliphatic rings. The second-order valence-corrected chi connectivity index (χ2v) is 3.41. The molecule has 1 aromatic rings. The van der Waals surface area contributed by atoms with Crippen LogP contribution in [0.15, 0.2) is 4.42 Å². The molecule has 1 heterocycles. The molecule has 0 saturated carbocycles. The molecule has 0 aliphatic carbocycles. The molecule has 90 valence electrons. The van der Waals surface area contributed by atoms with Crippen molar-refractivity contribution < 1.29 is 27.1 Å². The summed E-state index contributed by atoms with van der Waals surface area (Å²) in [5.74, 6) is -0.247. The molecule has 0 fully saturated rings. The zero-order chi connectivity index (χ0) is 12.5. The van der Waals surface area contributed by atoms with Crippen molar-refractivity contribution in [3.8, 4) is 0 Å². The van der Waals surface area contributed by atoms with E-state index in [1.807, 2.05) is 0 Å². The van der Waals surface area contributed by atoms with Gasteiger partial charge in [0.2, 0.25) is 0 Å². The fraction of sp³-hybridized carbons (Fsp3) is 0.500. The van der Waals surface area contributed by atoms with E-state index < -0.39 is 18.8 Å². The molecule has 0 saturated heterocycles. The lowest BCUT2D eigenvalue weighted by molar-refractivity contribution is -0.161. The first-order chi connectivity index (χ1) is 7.22. The highest BCUT2D eigenvalue weighted by atomic mass is 19.4. The smallest absolute Gasteiger partial charge is 0.422 e. The van der Waals surface area contributed by atoms with Gasteiger partial charge >= 0.3 is 12.1 Å². The van der Waals surface area contributed by atoms with Gasteiger partial charge in [-0.25, -0.2) is 4.79 Å². The van der Waals surface area contributed by atoms with Gasteiger partial charge in [-0.2, -0.15) is 13.2 Å². The number of rotatable bonds is 2. The van der Waals surface area contributed by atoms with Gasteiger partial charge in [0, 0.05) is 5.56 Å². The largest absolute Gasteiger partial charge is 0.465 e. The van der Waals surface area contributed by atoms with Crippen LogP contribution < -0.4 is 0 Å². The third kappa shape index (κ3) is 2.77. The summed E-state index contributed by atoms with van der Waals surface area (Å²) in [4.78, 5) is 11.4. The average Bonchev–Trinajstić information content (AvgIpc) is 2.36. The zero-order valence-corrected chi connectivity index (χ0v) is 9.07. The van der Waals surface area contributed by atoms with E-state index >= 15 is 0 Å². The molecule has 0 unspecified atom stereocenters. The summed E-state index contributed by atoms with van der Waals surface area (Å²) >= 11 is 0. The minimum Gasteiger partial charge on any atom is -0.465 e. The summed E-state index contributed by atoms with van der Waals surface area (Å²) in [6.45, 7) is 3.14. The fourth-order valence-electron chi connectivity index (χ4n) is 1.31. The molecule has 1 aromatic heterocycles. The highest BCUT2D eigenvalue weighted by Gasteiger charge is 2.31. The van der Waals surface area contributed by atoms with E-state index in [1.54, 1.807) is 13.8 Å². The quantitative estimate of drug-likeness (QED) is 0.741. The van der Waals surface area contributed by atoms with Crippen LogP contribution in [0.1, 0.15) is 27.4 Å². The fourth-order valence-corrected chi connectivity index (χ4v) is 1.31. The van der Waals surface area contributed by atoms with Gasteiger partial charge in [0.05, 0.1) is 0 Å². The van der Waals surface area contributed by atoms with Crippen molar-refractivity contribution in [3.63, 3.8) is 0 Å². The number of carbonyl (C=O) groups is 1. The number of esters is 1. The van der Waals surface area contributed by atoms with E-state index in [9.17, 15) is 18.0 Å². The standard InChI is InChI=1S/C10H11F3O3/c1-5-6(2)16-7(3)8(5)9(14)15-4-10(11,12)13/h4H2,1-3H3. The lowest BCUT2D eigenvalue weighted by Gasteiger charge is -2.07. The van der Waals surface area contributed by atoms with E-state index in [4.69, 9.17) is 4.42 Å². The van der Waals surface area contributed by atoms with Gasteiger partial charge in [0.1, 0.15) is 17.1 Å².